The summed E-state index contributed by atoms with van der Waals surface area (Å²) in [5, 5.41) is 0. The molecule has 0 atom stereocenters. The predicted molar refractivity (Wildman–Crippen MR) is 69.5 cm³/mol. The summed E-state index contributed by atoms with van der Waals surface area (Å²) >= 11 is 0. The summed E-state index contributed by atoms with van der Waals surface area (Å²) in [4.78, 5) is 2.83. The largest absolute Gasteiger partial charge is 0.326 e. The molecular weight excluding hydrogens is 196 g/mol. The van der Waals surface area contributed by atoms with Gasteiger partial charge < -0.3 is 4.48 Å². The van der Waals surface area contributed by atoms with Crippen LogP contribution in [0.1, 0.15) is 45.4 Å². The zero-order chi connectivity index (χ0) is 11.6. The first-order valence-corrected chi connectivity index (χ1v) is 7.15. The van der Waals surface area contributed by atoms with Crippen LogP contribution in [-0.2, 0) is 0 Å². The molecule has 0 aromatic carbocycles. The van der Waals surface area contributed by atoms with Crippen LogP contribution in [0.15, 0.2) is 0 Å². The van der Waals surface area contributed by atoms with Gasteiger partial charge in [0, 0.05) is 18.6 Å². The maximum Gasteiger partial charge on any atom is 0.0912 e. The van der Waals surface area contributed by atoms with Gasteiger partial charge >= 0.3 is 0 Å². The van der Waals surface area contributed by atoms with Gasteiger partial charge in [-0.15, -0.1) is 0 Å². The van der Waals surface area contributed by atoms with E-state index in [0.29, 0.717) is 5.54 Å². The fourth-order valence-corrected chi connectivity index (χ4v) is 3.58. The molecule has 1 aliphatic heterocycles. The molecule has 0 bridgehead atoms. The van der Waals surface area contributed by atoms with Gasteiger partial charge in [0.15, 0.2) is 0 Å². The molecule has 0 aromatic rings. The normalized spacial score (nSPS) is 30.2. The average Bonchev–Trinajstić information content (AvgIpc) is 2.30. The smallest absolute Gasteiger partial charge is 0.0912 e. The molecule has 1 heterocycles. The molecule has 1 aliphatic carbocycles. The molecule has 2 aliphatic rings. The van der Waals surface area contributed by atoms with Crippen molar-refractivity contribution in [2.24, 2.45) is 0 Å². The SMILES string of the molecule is CCC1(N2CC[N+](C)(C)CC2)CCCCC1. The highest BCUT2D eigenvalue weighted by Crippen LogP contribution is 2.37. The third-order valence-corrected chi connectivity index (χ3v) is 5.06. The van der Waals surface area contributed by atoms with Crippen molar-refractivity contribution in [3.05, 3.63) is 0 Å². The van der Waals surface area contributed by atoms with Crippen LogP contribution < -0.4 is 0 Å². The number of rotatable bonds is 2. The van der Waals surface area contributed by atoms with Crippen LogP contribution in [0.5, 0.6) is 0 Å². The van der Waals surface area contributed by atoms with Gasteiger partial charge in [0.2, 0.25) is 0 Å². The number of quaternary nitrogens is 1. The Labute approximate surface area is 101 Å². The fourth-order valence-electron chi connectivity index (χ4n) is 3.58. The Morgan fingerprint density at radius 3 is 2.06 bits per heavy atom. The van der Waals surface area contributed by atoms with Gasteiger partial charge in [-0.2, -0.15) is 0 Å². The second-order valence-electron chi connectivity index (χ2n) is 6.51. The lowest BCUT2D eigenvalue weighted by atomic mass is 9.78. The van der Waals surface area contributed by atoms with Crippen LogP contribution in [0, 0.1) is 0 Å². The van der Waals surface area contributed by atoms with Crippen LogP contribution in [0.2, 0.25) is 0 Å². The molecule has 2 heteroatoms. The van der Waals surface area contributed by atoms with Crippen molar-refractivity contribution in [1.29, 1.82) is 0 Å². The Bertz CT molecular complexity index is 219. The zero-order valence-corrected chi connectivity index (χ0v) is 11.5. The van der Waals surface area contributed by atoms with Gasteiger partial charge in [-0.3, -0.25) is 4.90 Å². The average molecular weight is 225 g/mol. The van der Waals surface area contributed by atoms with E-state index in [9.17, 15) is 0 Å². The Morgan fingerprint density at radius 1 is 1.00 bits per heavy atom. The molecule has 2 rings (SSSR count). The minimum atomic E-state index is 0.582. The summed E-state index contributed by atoms with van der Waals surface area (Å²) in [5.41, 5.74) is 0.582. The molecule has 0 aromatic heterocycles. The molecule has 0 spiro atoms. The second-order valence-corrected chi connectivity index (χ2v) is 6.51. The Morgan fingerprint density at radius 2 is 1.56 bits per heavy atom. The maximum absolute atomic E-state index is 2.83. The first-order chi connectivity index (χ1) is 7.58. The molecule has 94 valence electrons. The minimum Gasteiger partial charge on any atom is -0.326 e. The molecule has 0 amide bonds. The number of piperazine rings is 1. The van der Waals surface area contributed by atoms with Crippen molar-refractivity contribution in [3.63, 3.8) is 0 Å². The van der Waals surface area contributed by atoms with E-state index in [0.717, 1.165) is 0 Å². The van der Waals surface area contributed by atoms with Crippen LogP contribution in [0.3, 0.4) is 0 Å². The van der Waals surface area contributed by atoms with E-state index in [1.165, 1.54) is 69.2 Å². The third kappa shape index (κ3) is 2.43. The van der Waals surface area contributed by atoms with Crippen LogP contribution in [0.25, 0.3) is 0 Å². The molecule has 1 saturated heterocycles. The Kier molecular flexibility index (Phi) is 3.60. The number of hydrogen-bond acceptors (Lipinski definition) is 1. The predicted octanol–water partition coefficient (Wildman–Crippen LogP) is 2.49. The number of nitrogens with zero attached hydrogens (tertiary/aromatic N) is 2. The van der Waals surface area contributed by atoms with Gasteiger partial charge in [0.05, 0.1) is 27.2 Å². The second kappa shape index (κ2) is 4.66. The third-order valence-electron chi connectivity index (χ3n) is 5.06. The van der Waals surface area contributed by atoms with Crippen molar-refractivity contribution in [2.45, 2.75) is 51.0 Å². The van der Waals surface area contributed by atoms with Gasteiger partial charge in [-0.1, -0.05) is 26.2 Å². The lowest BCUT2D eigenvalue weighted by Gasteiger charge is -2.50. The topological polar surface area (TPSA) is 3.24 Å². The maximum atomic E-state index is 2.83. The monoisotopic (exact) mass is 225 g/mol. The van der Waals surface area contributed by atoms with Gasteiger partial charge in [0.25, 0.3) is 0 Å². The van der Waals surface area contributed by atoms with E-state index >= 15 is 0 Å². The molecule has 2 nitrogen and oxygen atoms in total. The highest BCUT2D eigenvalue weighted by Gasteiger charge is 2.39. The summed E-state index contributed by atoms with van der Waals surface area (Å²) < 4.78 is 1.22. The minimum absolute atomic E-state index is 0.582. The van der Waals surface area contributed by atoms with Gasteiger partial charge in [0.1, 0.15) is 0 Å². The zero-order valence-electron chi connectivity index (χ0n) is 11.5. The van der Waals surface area contributed by atoms with Crippen molar-refractivity contribution in [3.8, 4) is 0 Å². The van der Waals surface area contributed by atoms with Gasteiger partial charge in [-0.25, -0.2) is 0 Å². The molecule has 1 saturated carbocycles. The molecule has 0 unspecified atom stereocenters. The summed E-state index contributed by atoms with van der Waals surface area (Å²) in [7, 11) is 4.74. The standard InChI is InChI=1S/C14H29N2/c1-4-14(8-6-5-7-9-14)15-10-12-16(2,3)13-11-15/h4-13H2,1-3H3/q+1. The van der Waals surface area contributed by atoms with Crippen LogP contribution >= 0.6 is 0 Å². The summed E-state index contributed by atoms with van der Waals surface area (Å²) in [5.74, 6) is 0. The quantitative estimate of drug-likeness (QED) is 0.653. The van der Waals surface area contributed by atoms with Crippen molar-refractivity contribution >= 4 is 0 Å². The molecule has 0 N–H and O–H groups in total. The van der Waals surface area contributed by atoms with Crippen molar-refractivity contribution in [1.82, 2.24) is 4.90 Å². The van der Waals surface area contributed by atoms with E-state index in [2.05, 4.69) is 25.9 Å². The molecule has 16 heavy (non-hydrogen) atoms. The Hall–Kier alpha value is -0.0800. The van der Waals surface area contributed by atoms with E-state index in [1.54, 1.807) is 0 Å². The lowest BCUT2D eigenvalue weighted by Crippen LogP contribution is -2.61. The summed E-state index contributed by atoms with van der Waals surface area (Å²) in [6, 6.07) is 0. The highest BCUT2D eigenvalue weighted by molar-refractivity contribution is 4.92. The Balaban J connectivity index is 2.00. The molecule has 0 radical (unpaired) electrons. The van der Waals surface area contributed by atoms with E-state index in [4.69, 9.17) is 0 Å². The summed E-state index contributed by atoms with van der Waals surface area (Å²) in [6.07, 6.45) is 8.66. The van der Waals surface area contributed by atoms with E-state index < -0.39 is 0 Å². The highest BCUT2D eigenvalue weighted by atomic mass is 15.4. The van der Waals surface area contributed by atoms with E-state index in [-0.39, 0.29) is 0 Å². The van der Waals surface area contributed by atoms with E-state index in [1.807, 2.05) is 0 Å². The number of likely N-dealkylation sites (N-methyl/N-ethyl adjacent to an activating group) is 1. The molecule has 2 fully saturated rings. The molecular formula is C14H29N2+. The van der Waals surface area contributed by atoms with Crippen LogP contribution in [0.4, 0.5) is 0 Å². The number of hydrogen-bond donors (Lipinski definition) is 0. The summed E-state index contributed by atoms with van der Waals surface area (Å²) in [6.45, 7) is 7.71. The van der Waals surface area contributed by atoms with Crippen LogP contribution in [-0.4, -0.2) is 55.2 Å². The first kappa shape index (κ1) is 12.4. The van der Waals surface area contributed by atoms with Crippen molar-refractivity contribution < 1.29 is 4.48 Å². The van der Waals surface area contributed by atoms with Gasteiger partial charge in [-0.05, 0) is 19.3 Å². The van der Waals surface area contributed by atoms with Crippen molar-refractivity contribution in [2.75, 3.05) is 40.3 Å². The fraction of sp³-hybridized carbons (Fsp3) is 1.00. The first-order valence-electron chi connectivity index (χ1n) is 7.15. The lowest BCUT2D eigenvalue weighted by molar-refractivity contribution is -0.895.